The van der Waals surface area contributed by atoms with Crippen molar-refractivity contribution in [2.45, 2.75) is 6.92 Å². The van der Waals surface area contributed by atoms with Crippen LogP contribution < -0.4 is 5.09 Å². The third kappa shape index (κ3) is 2.82. The molecule has 0 spiro atoms. The van der Waals surface area contributed by atoms with Crippen molar-refractivity contribution in [3.8, 4) is 5.81 Å². The van der Waals surface area contributed by atoms with Gasteiger partial charge >= 0.3 is 0 Å². The Morgan fingerprint density at radius 1 is 1.75 bits per heavy atom. The Hall–Kier alpha value is -1.18. The molecular formula is C5H8N3O3P. The van der Waals surface area contributed by atoms with E-state index in [0.717, 1.165) is 0 Å². The second-order valence-electron chi connectivity index (χ2n) is 1.56. The summed E-state index contributed by atoms with van der Waals surface area (Å²) in [6.07, 6.45) is 0.489. The van der Waals surface area contributed by atoms with Gasteiger partial charge in [-0.2, -0.15) is 10.0 Å². The molecule has 0 aliphatic rings. The Labute approximate surface area is 69.7 Å². The third-order valence-electron chi connectivity index (χ3n) is 0.889. The van der Waals surface area contributed by atoms with Crippen LogP contribution in [0.4, 0.5) is 0 Å². The predicted octanol–water partition coefficient (Wildman–Crippen LogP) is 0.438. The minimum atomic E-state index is -3.03. The fourth-order valence-electron chi connectivity index (χ4n) is 0.512. The molecule has 0 radical (unpaired) electrons. The first-order valence-electron chi connectivity index (χ1n) is 3.07. The molecule has 0 rings (SSSR count). The van der Waals surface area contributed by atoms with Gasteiger partial charge in [-0.05, 0) is 6.92 Å². The highest BCUT2D eigenvalue weighted by Crippen LogP contribution is 2.43. The highest BCUT2D eigenvalue weighted by atomic mass is 31.2. The van der Waals surface area contributed by atoms with Gasteiger partial charge in [0.05, 0.1) is 6.61 Å². The van der Waals surface area contributed by atoms with Crippen LogP contribution in [0.15, 0.2) is 4.74 Å². The normalized spacial score (nSPS) is 13.7. The molecule has 0 saturated heterocycles. The summed E-state index contributed by atoms with van der Waals surface area (Å²) in [7, 11) is -3.03. The lowest BCUT2D eigenvalue weighted by molar-refractivity contribution is -0.108. The highest BCUT2D eigenvalue weighted by Gasteiger charge is 2.17. The lowest BCUT2D eigenvalue weighted by Crippen LogP contribution is -2.09. The number of carbonyl (C=O) groups is 2. The molecule has 0 aliphatic carbocycles. The van der Waals surface area contributed by atoms with Crippen LogP contribution in [0.2, 0.25) is 0 Å². The number of rotatable bonds is 5. The zero-order valence-corrected chi connectivity index (χ0v) is 7.32. The van der Waals surface area contributed by atoms with Gasteiger partial charge in [-0.3, -0.25) is 14.7 Å². The third-order valence-corrected chi connectivity index (χ3v) is 2.67. The summed E-state index contributed by atoms with van der Waals surface area (Å²) in [6.45, 7) is 1.85. The average Bonchev–Trinajstić information content (AvgIpc) is 2.06. The molecule has 0 bridgehead atoms. The fraction of sp³-hybridized carbons (Fsp3) is 0.400. The molecule has 1 N–H and O–H groups in total. The van der Waals surface area contributed by atoms with E-state index >= 15 is 0 Å². The van der Waals surface area contributed by atoms with Gasteiger partial charge in [0.2, 0.25) is 12.8 Å². The molecular weight excluding hydrogens is 181 g/mol. The molecule has 66 valence electrons. The average molecular weight is 189 g/mol. The maximum Gasteiger partial charge on any atom is 0.287 e. The number of hydrogen-bond donors (Lipinski definition) is 1. The number of carbonyl (C=O) groups excluding carboxylic acids is 2. The standard InChI is InChI=1S/C5H8N3O3P/c1-2-11-12(3-6,7-4-9)8-5-10/h4-5H,2H2,1H3,(H,7,9). The Balaban J connectivity index is 4.77. The van der Waals surface area contributed by atoms with Gasteiger partial charge in [0.25, 0.3) is 7.43 Å². The Morgan fingerprint density at radius 3 is 2.75 bits per heavy atom. The number of nitrogens with one attached hydrogen (secondary N) is 1. The summed E-state index contributed by atoms with van der Waals surface area (Å²) in [4.78, 5) is 20.0. The first-order valence-corrected chi connectivity index (χ1v) is 4.73. The van der Waals surface area contributed by atoms with Crippen LogP contribution >= 0.6 is 7.43 Å². The van der Waals surface area contributed by atoms with Crippen LogP contribution in [-0.2, 0) is 14.1 Å². The topological polar surface area (TPSA) is 91.5 Å². The fourth-order valence-corrected chi connectivity index (χ4v) is 1.54. The molecule has 0 heterocycles. The van der Waals surface area contributed by atoms with Crippen molar-refractivity contribution in [1.82, 2.24) is 5.09 Å². The van der Waals surface area contributed by atoms with Crippen molar-refractivity contribution in [3.63, 3.8) is 0 Å². The highest BCUT2D eigenvalue weighted by molar-refractivity contribution is 7.65. The molecule has 1 unspecified atom stereocenters. The van der Waals surface area contributed by atoms with E-state index in [0.29, 0.717) is 6.41 Å². The smallest absolute Gasteiger partial charge is 0.287 e. The molecule has 7 heteroatoms. The second-order valence-corrected chi connectivity index (χ2v) is 3.66. The molecule has 0 aromatic rings. The van der Waals surface area contributed by atoms with E-state index in [-0.39, 0.29) is 13.0 Å². The quantitative estimate of drug-likeness (QED) is 0.501. The molecule has 12 heavy (non-hydrogen) atoms. The van der Waals surface area contributed by atoms with Crippen LogP contribution in [0.3, 0.4) is 0 Å². The van der Waals surface area contributed by atoms with Crippen molar-refractivity contribution in [2.24, 2.45) is 4.74 Å². The van der Waals surface area contributed by atoms with Crippen LogP contribution in [0, 0.1) is 11.1 Å². The molecule has 0 aromatic heterocycles. The van der Waals surface area contributed by atoms with E-state index < -0.39 is 7.43 Å². The van der Waals surface area contributed by atoms with Gasteiger partial charge in [-0.25, -0.2) is 0 Å². The lowest BCUT2D eigenvalue weighted by Gasteiger charge is -2.11. The van der Waals surface area contributed by atoms with E-state index in [4.69, 9.17) is 9.79 Å². The summed E-state index contributed by atoms with van der Waals surface area (Å²) < 4.78 is 8.13. The van der Waals surface area contributed by atoms with Crippen LogP contribution in [0.5, 0.6) is 0 Å². The van der Waals surface area contributed by atoms with Crippen LogP contribution in [0.25, 0.3) is 0 Å². The SMILES string of the molecule is CCOP(C#N)(=NC=O)NC=O. The summed E-state index contributed by atoms with van der Waals surface area (Å²) in [6, 6.07) is 0. The number of nitriles is 1. The van der Waals surface area contributed by atoms with E-state index in [1.165, 1.54) is 0 Å². The van der Waals surface area contributed by atoms with Crippen molar-refractivity contribution in [1.29, 1.82) is 5.26 Å². The van der Waals surface area contributed by atoms with E-state index in [9.17, 15) is 9.59 Å². The zero-order chi connectivity index (χ0) is 9.45. The number of nitrogens with zero attached hydrogens (tertiary/aromatic N) is 2. The van der Waals surface area contributed by atoms with Crippen molar-refractivity contribution in [2.75, 3.05) is 6.61 Å². The molecule has 0 aromatic carbocycles. The summed E-state index contributed by atoms with van der Waals surface area (Å²) in [5.41, 5.74) is 0. The van der Waals surface area contributed by atoms with Crippen LogP contribution in [0.1, 0.15) is 6.92 Å². The Bertz CT molecular complexity index is 257. The first-order chi connectivity index (χ1) is 5.74. The van der Waals surface area contributed by atoms with E-state index in [1.54, 1.807) is 12.7 Å². The van der Waals surface area contributed by atoms with Crippen LogP contribution in [-0.4, -0.2) is 19.4 Å². The lowest BCUT2D eigenvalue weighted by atomic mass is 10.9. The monoisotopic (exact) mass is 189 g/mol. The molecule has 0 saturated carbocycles. The minimum Gasteiger partial charge on any atom is -0.318 e. The summed E-state index contributed by atoms with van der Waals surface area (Å²) in [5.74, 6) is 1.67. The first kappa shape index (κ1) is 10.8. The molecule has 0 aliphatic heterocycles. The van der Waals surface area contributed by atoms with Gasteiger partial charge in [0.15, 0.2) is 5.81 Å². The molecule has 2 amide bonds. The molecule has 0 fully saturated rings. The maximum atomic E-state index is 10.0. The van der Waals surface area contributed by atoms with Gasteiger partial charge in [0.1, 0.15) is 0 Å². The minimum absolute atomic E-state index is 0.198. The summed E-state index contributed by atoms with van der Waals surface area (Å²) >= 11 is 0. The predicted molar refractivity (Wildman–Crippen MR) is 41.9 cm³/mol. The largest absolute Gasteiger partial charge is 0.318 e. The number of amides is 2. The van der Waals surface area contributed by atoms with Gasteiger partial charge in [-0.1, -0.05) is 0 Å². The molecule has 1 atom stereocenters. The zero-order valence-electron chi connectivity index (χ0n) is 6.43. The van der Waals surface area contributed by atoms with Crippen molar-refractivity contribution >= 4 is 20.3 Å². The van der Waals surface area contributed by atoms with Crippen molar-refractivity contribution in [3.05, 3.63) is 0 Å². The maximum absolute atomic E-state index is 10.0. The van der Waals surface area contributed by atoms with Gasteiger partial charge < -0.3 is 4.52 Å². The van der Waals surface area contributed by atoms with E-state index in [2.05, 4.69) is 9.83 Å². The Morgan fingerprint density at radius 2 is 2.42 bits per heavy atom. The van der Waals surface area contributed by atoms with Gasteiger partial charge in [0, 0.05) is 0 Å². The second kappa shape index (κ2) is 5.47. The van der Waals surface area contributed by atoms with Gasteiger partial charge in [-0.15, -0.1) is 0 Å². The Kier molecular flexibility index (Phi) is 4.93. The summed E-state index contributed by atoms with van der Waals surface area (Å²) in [5, 5.41) is 10.7. The number of hydrogen-bond acceptors (Lipinski definition) is 4. The van der Waals surface area contributed by atoms with E-state index in [1.807, 2.05) is 0 Å². The molecule has 6 nitrogen and oxygen atoms in total. The van der Waals surface area contributed by atoms with Crippen molar-refractivity contribution < 1.29 is 14.1 Å².